The quantitative estimate of drug-likeness (QED) is 0.671. The molecule has 1 nitrogen and oxygen atoms in total. The summed E-state index contributed by atoms with van der Waals surface area (Å²) in [5, 5.41) is 9.35. The zero-order valence-corrected chi connectivity index (χ0v) is 7.38. The number of benzene rings is 1. The van der Waals surface area contributed by atoms with Gasteiger partial charge in [0.05, 0.1) is 6.10 Å². The molecule has 1 heteroatoms. The number of aryl methyl sites for hydroxylation is 2. The van der Waals surface area contributed by atoms with Crippen LogP contribution in [0.15, 0.2) is 18.2 Å². The third-order valence-corrected chi connectivity index (χ3v) is 2.60. The van der Waals surface area contributed by atoms with Gasteiger partial charge in [-0.05, 0) is 42.9 Å². The third kappa shape index (κ3) is 1.25. The van der Waals surface area contributed by atoms with Crippen LogP contribution in [-0.4, -0.2) is 5.11 Å². The highest BCUT2D eigenvalue weighted by molar-refractivity contribution is 5.35. The van der Waals surface area contributed by atoms with Crippen LogP contribution in [0.25, 0.3) is 0 Å². The molecule has 1 aliphatic rings. The topological polar surface area (TPSA) is 20.2 Å². The molecule has 0 saturated carbocycles. The van der Waals surface area contributed by atoms with E-state index < -0.39 is 0 Å². The SMILES string of the molecule is CC(O)c1ccc2c(c1)CCC2. The molecule has 0 spiro atoms. The fourth-order valence-corrected chi connectivity index (χ4v) is 1.85. The summed E-state index contributed by atoms with van der Waals surface area (Å²) in [6.45, 7) is 1.82. The largest absolute Gasteiger partial charge is 0.389 e. The predicted molar refractivity (Wildman–Crippen MR) is 49.1 cm³/mol. The van der Waals surface area contributed by atoms with Crippen molar-refractivity contribution in [2.75, 3.05) is 0 Å². The van der Waals surface area contributed by atoms with Crippen LogP contribution in [0.1, 0.15) is 36.1 Å². The van der Waals surface area contributed by atoms with E-state index in [-0.39, 0.29) is 6.10 Å². The molecule has 0 heterocycles. The molecule has 1 unspecified atom stereocenters. The summed E-state index contributed by atoms with van der Waals surface area (Å²) in [5.41, 5.74) is 3.96. The van der Waals surface area contributed by atoms with Gasteiger partial charge in [0.2, 0.25) is 0 Å². The smallest absolute Gasteiger partial charge is 0.0762 e. The van der Waals surface area contributed by atoms with Gasteiger partial charge in [-0.15, -0.1) is 0 Å². The Kier molecular flexibility index (Phi) is 1.89. The number of aliphatic hydroxyl groups is 1. The van der Waals surface area contributed by atoms with Crippen molar-refractivity contribution in [1.29, 1.82) is 0 Å². The number of rotatable bonds is 1. The molecular weight excluding hydrogens is 148 g/mol. The average molecular weight is 162 g/mol. The fraction of sp³-hybridized carbons (Fsp3) is 0.455. The van der Waals surface area contributed by atoms with Crippen molar-refractivity contribution < 1.29 is 5.11 Å². The summed E-state index contributed by atoms with van der Waals surface area (Å²) < 4.78 is 0. The van der Waals surface area contributed by atoms with Crippen molar-refractivity contribution in [3.05, 3.63) is 34.9 Å². The Morgan fingerprint density at radius 2 is 2.00 bits per heavy atom. The number of hydrogen-bond acceptors (Lipinski definition) is 1. The van der Waals surface area contributed by atoms with Crippen LogP contribution in [-0.2, 0) is 12.8 Å². The Balaban J connectivity index is 2.39. The van der Waals surface area contributed by atoms with Gasteiger partial charge in [0.1, 0.15) is 0 Å². The van der Waals surface area contributed by atoms with Crippen LogP contribution in [0.2, 0.25) is 0 Å². The van der Waals surface area contributed by atoms with Crippen LogP contribution in [0.4, 0.5) is 0 Å². The molecule has 1 aliphatic carbocycles. The van der Waals surface area contributed by atoms with Gasteiger partial charge in [-0.1, -0.05) is 18.2 Å². The third-order valence-electron chi connectivity index (χ3n) is 2.60. The van der Waals surface area contributed by atoms with Crippen molar-refractivity contribution in [1.82, 2.24) is 0 Å². The maximum absolute atomic E-state index is 9.35. The normalized spacial score (nSPS) is 17.5. The molecule has 0 amide bonds. The van der Waals surface area contributed by atoms with E-state index in [9.17, 15) is 5.11 Å². The summed E-state index contributed by atoms with van der Waals surface area (Å²) in [4.78, 5) is 0. The molecule has 12 heavy (non-hydrogen) atoms. The van der Waals surface area contributed by atoms with E-state index in [1.165, 1.54) is 30.4 Å². The molecule has 1 atom stereocenters. The summed E-state index contributed by atoms with van der Waals surface area (Å²) in [6.07, 6.45) is 3.36. The highest BCUT2D eigenvalue weighted by Gasteiger charge is 2.11. The van der Waals surface area contributed by atoms with Crippen LogP contribution in [0.5, 0.6) is 0 Å². The molecule has 2 rings (SSSR count). The molecule has 0 bridgehead atoms. The summed E-state index contributed by atoms with van der Waals surface area (Å²) >= 11 is 0. The van der Waals surface area contributed by atoms with Gasteiger partial charge in [0.15, 0.2) is 0 Å². The molecule has 64 valence electrons. The van der Waals surface area contributed by atoms with E-state index in [0.29, 0.717) is 0 Å². The van der Waals surface area contributed by atoms with E-state index in [2.05, 4.69) is 12.1 Å². The van der Waals surface area contributed by atoms with Gasteiger partial charge >= 0.3 is 0 Å². The second kappa shape index (κ2) is 2.91. The molecule has 0 radical (unpaired) electrons. The standard InChI is InChI=1S/C11H14O/c1-8(12)10-6-5-9-3-2-4-11(9)7-10/h5-8,12H,2-4H2,1H3. The lowest BCUT2D eigenvalue weighted by Gasteiger charge is -2.06. The average Bonchev–Trinajstić information content (AvgIpc) is 2.49. The van der Waals surface area contributed by atoms with Gasteiger partial charge in [-0.2, -0.15) is 0 Å². The summed E-state index contributed by atoms with van der Waals surface area (Å²) in [7, 11) is 0. The molecule has 0 saturated heterocycles. The Morgan fingerprint density at radius 3 is 2.75 bits per heavy atom. The van der Waals surface area contributed by atoms with Gasteiger partial charge in [0, 0.05) is 0 Å². The monoisotopic (exact) mass is 162 g/mol. The minimum atomic E-state index is -0.323. The van der Waals surface area contributed by atoms with Crippen molar-refractivity contribution in [3.63, 3.8) is 0 Å². The lowest BCUT2D eigenvalue weighted by molar-refractivity contribution is 0.199. The minimum absolute atomic E-state index is 0.323. The Bertz CT molecular complexity index is 289. The van der Waals surface area contributed by atoms with Crippen molar-refractivity contribution in [2.24, 2.45) is 0 Å². The molecule has 1 N–H and O–H groups in total. The predicted octanol–water partition coefficient (Wildman–Crippen LogP) is 2.23. The van der Waals surface area contributed by atoms with Gasteiger partial charge in [-0.3, -0.25) is 0 Å². The number of fused-ring (bicyclic) bond motifs is 1. The van der Waals surface area contributed by atoms with Crippen LogP contribution in [0, 0.1) is 0 Å². The second-order valence-corrected chi connectivity index (χ2v) is 3.56. The van der Waals surface area contributed by atoms with E-state index in [1.54, 1.807) is 0 Å². The lowest BCUT2D eigenvalue weighted by atomic mass is 10.0. The van der Waals surface area contributed by atoms with Gasteiger partial charge in [0.25, 0.3) is 0 Å². The first-order chi connectivity index (χ1) is 5.77. The molecular formula is C11H14O. The Morgan fingerprint density at radius 1 is 1.25 bits per heavy atom. The molecule has 1 aromatic carbocycles. The summed E-state index contributed by atoms with van der Waals surface area (Å²) in [6, 6.07) is 6.34. The first-order valence-corrected chi connectivity index (χ1v) is 4.57. The minimum Gasteiger partial charge on any atom is -0.389 e. The molecule has 0 aliphatic heterocycles. The van der Waals surface area contributed by atoms with E-state index in [1.807, 2.05) is 13.0 Å². The first kappa shape index (κ1) is 7.81. The van der Waals surface area contributed by atoms with E-state index >= 15 is 0 Å². The maximum Gasteiger partial charge on any atom is 0.0762 e. The number of hydrogen-bond donors (Lipinski definition) is 1. The van der Waals surface area contributed by atoms with Crippen LogP contribution in [0.3, 0.4) is 0 Å². The molecule has 0 fully saturated rings. The molecule has 0 aromatic heterocycles. The zero-order valence-electron chi connectivity index (χ0n) is 7.38. The zero-order chi connectivity index (χ0) is 8.55. The van der Waals surface area contributed by atoms with Crippen molar-refractivity contribution in [3.8, 4) is 0 Å². The van der Waals surface area contributed by atoms with Crippen LogP contribution >= 0.6 is 0 Å². The van der Waals surface area contributed by atoms with Crippen LogP contribution < -0.4 is 0 Å². The highest BCUT2D eigenvalue weighted by Crippen LogP contribution is 2.24. The lowest BCUT2D eigenvalue weighted by Crippen LogP contribution is -1.92. The Hall–Kier alpha value is -0.820. The second-order valence-electron chi connectivity index (χ2n) is 3.56. The van der Waals surface area contributed by atoms with E-state index in [0.717, 1.165) is 5.56 Å². The fourth-order valence-electron chi connectivity index (χ4n) is 1.85. The highest BCUT2D eigenvalue weighted by atomic mass is 16.3. The number of aliphatic hydroxyl groups excluding tert-OH is 1. The first-order valence-electron chi connectivity index (χ1n) is 4.57. The Labute approximate surface area is 73.0 Å². The van der Waals surface area contributed by atoms with Crippen molar-refractivity contribution >= 4 is 0 Å². The van der Waals surface area contributed by atoms with Gasteiger partial charge < -0.3 is 5.11 Å². The van der Waals surface area contributed by atoms with E-state index in [4.69, 9.17) is 0 Å². The molecule has 1 aromatic rings. The summed E-state index contributed by atoms with van der Waals surface area (Å²) in [5.74, 6) is 0. The van der Waals surface area contributed by atoms with Gasteiger partial charge in [-0.25, -0.2) is 0 Å². The van der Waals surface area contributed by atoms with Crippen molar-refractivity contribution in [2.45, 2.75) is 32.3 Å². The maximum atomic E-state index is 9.35.